The van der Waals surface area contributed by atoms with E-state index in [1.807, 2.05) is 12.1 Å². The molecule has 2 heterocycles. The molecule has 2 aromatic heterocycles. The highest BCUT2D eigenvalue weighted by Crippen LogP contribution is 2.24. The van der Waals surface area contributed by atoms with Crippen molar-refractivity contribution in [2.24, 2.45) is 0 Å². The molecule has 0 radical (unpaired) electrons. The summed E-state index contributed by atoms with van der Waals surface area (Å²) in [5.74, 6) is 0. The van der Waals surface area contributed by atoms with E-state index < -0.39 is 0 Å². The van der Waals surface area contributed by atoms with Crippen LogP contribution in [0.1, 0.15) is 0 Å². The highest BCUT2D eigenvalue weighted by molar-refractivity contribution is 9.11. The molecule has 0 atom stereocenters. The van der Waals surface area contributed by atoms with Crippen molar-refractivity contribution in [3.63, 3.8) is 0 Å². The highest BCUT2D eigenvalue weighted by Gasteiger charge is 2.00. The van der Waals surface area contributed by atoms with Crippen molar-refractivity contribution in [1.82, 2.24) is 9.36 Å². The van der Waals surface area contributed by atoms with E-state index >= 15 is 0 Å². The van der Waals surface area contributed by atoms with Gasteiger partial charge in [0, 0.05) is 6.20 Å². The largest absolute Gasteiger partial charge is 0.252 e. The van der Waals surface area contributed by atoms with Gasteiger partial charge in [-0.1, -0.05) is 0 Å². The molecule has 0 aliphatic rings. The summed E-state index contributed by atoms with van der Waals surface area (Å²) < 4.78 is 5.15. The maximum Gasteiger partial charge on any atom is 0.117 e. The standard InChI is InChI=1S/C6H3BrN2S/c7-6-5-4(9-10-6)2-1-3-8-5/h1-3H. The van der Waals surface area contributed by atoms with Crippen LogP contribution in [-0.2, 0) is 0 Å². The average molecular weight is 215 g/mol. The fourth-order valence-electron chi connectivity index (χ4n) is 0.754. The minimum Gasteiger partial charge on any atom is -0.252 e. The van der Waals surface area contributed by atoms with Crippen LogP contribution in [0.2, 0.25) is 0 Å². The summed E-state index contributed by atoms with van der Waals surface area (Å²) in [5.41, 5.74) is 1.91. The van der Waals surface area contributed by atoms with E-state index in [-0.39, 0.29) is 0 Å². The van der Waals surface area contributed by atoms with Gasteiger partial charge in [0.2, 0.25) is 0 Å². The van der Waals surface area contributed by atoms with Crippen LogP contribution < -0.4 is 0 Å². The summed E-state index contributed by atoms with van der Waals surface area (Å²) in [4.78, 5) is 4.14. The van der Waals surface area contributed by atoms with Crippen LogP contribution in [0.25, 0.3) is 11.0 Å². The molecule has 0 fully saturated rings. The molecule has 0 saturated heterocycles. The van der Waals surface area contributed by atoms with Gasteiger partial charge in [-0.15, -0.1) is 0 Å². The Morgan fingerprint density at radius 3 is 3.20 bits per heavy atom. The second-order valence-electron chi connectivity index (χ2n) is 1.83. The summed E-state index contributed by atoms with van der Waals surface area (Å²) in [6.07, 6.45) is 1.77. The van der Waals surface area contributed by atoms with E-state index in [2.05, 4.69) is 25.3 Å². The first-order valence-corrected chi connectivity index (χ1v) is 4.30. The topological polar surface area (TPSA) is 25.8 Å². The number of pyridine rings is 1. The van der Waals surface area contributed by atoms with Crippen LogP contribution in [0, 0.1) is 0 Å². The van der Waals surface area contributed by atoms with E-state index in [1.165, 1.54) is 11.5 Å². The highest BCUT2D eigenvalue weighted by atomic mass is 79.9. The Labute approximate surface area is 70.2 Å². The number of nitrogens with zero attached hydrogens (tertiary/aromatic N) is 2. The zero-order valence-corrected chi connectivity index (χ0v) is 7.32. The number of hydrogen-bond donors (Lipinski definition) is 0. The zero-order valence-electron chi connectivity index (χ0n) is 4.91. The smallest absolute Gasteiger partial charge is 0.117 e. The summed E-state index contributed by atoms with van der Waals surface area (Å²) >= 11 is 4.78. The quantitative estimate of drug-likeness (QED) is 0.674. The van der Waals surface area contributed by atoms with Gasteiger partial charge in [0.15, 0.2) is 0 Å². The zero-order chi connectivity index (χ0) is 6.97. The Balaban J connectivity index is 2.93. The molecule has 10 heavy (non-hydrogen) atoms. The van der Waals surface area contributed by atoms with Crippen molar-refractivity contribution < 1.29 is 0 Å². The van der Waals surface area contributed by atoms with Gasteiger partial charge < -0.3 is 0 Å². The predicted octanol–water partition coefficient (Wildman–Crippen LogP) is 2.45. The first kappa shape index (κ1) is 6.24. The third kappa shape index (κ3) is 0.839. The second kappa shape index (κ2) is 2.29. The van der Waals surface area contributed by atoms with Crippen LogP contribution in [0.5, 0.6) is 0 Å². The van der Waals surface area contributed by atoms with Gasteiger partial charge in [0.25, 0.3) is 0 Å². The lowest BCUT2D eigenvalue weighted by Gasteiger charge is -1.82. The average Bonchev–Trinajstić information content (AvgIpc) is 2.34. The lowest BCUT2D eigenvalue weighted by atomic mass is 10.4. The molecule has 0 saturated carbocycles. The van der Waals surface area contributed by atoms with E-state index in [0.717, 1.165) is 14.8 Å². The second-order valence-corrected chi connectivity index (χ2v) is 3.92. The van der Waals surface area contributed by atoms with Gasteiger partial charge in [-0.2, -0.15) is 4.37 Å². The Hall–Kier alpha value is -0.480. The minimum absolute atomic E-state index is 0.951. The Morgan fingerprint density at radius 1 is 1.50 bits per heavy atom. The third-order valence-corrected chi connectivity index (χ3v) is 2.65. The molecule has 2 aromatic rings. The monoisotopic (exact) mass is 214 g/mol. The molecule has 0 amide bonds. The third-order valence-electron chi connectivity index (χ3n) is 1.20. The van der Waals surface area contributed by atoms with Crippen LogP contribution in [-0.4, -0.2) is 9.36 Å². The maximum absolute atomic E-state index is 4.15. The summed E-state index contributed by atoms with van der Waals surface area (Å²) in [6.45, 7) is 0. The lowest BCUT2D eigenvalue weighted by Crippen LogP contribution is -1.70. The van der Waals surface area contributed by atoms with Gasteiger partial charge >= 0.3 is 0 Å². The van der Waals surface area contributed by atoms with Crippen LogP contribution in [0.15, 0.2) is 22.1 Å². The molecule has 0 aliphatic heterocycles. The van der Waals surface area contributed by atoms with Gasteiger partial charge in [-0.25, -0.2) is 0 Å². The number of aromatic nitrogens is 2. The molecule has 2 nitrogen and oxygen atoms in total. The summed E-state index contributed by atoms with van der Waals surface area (Å²) in [6, 6.07) is 3.83. The van der Waals surface area contributed by atoms with Crippen molar-refractivity contribution in [2.75, 3.05) is 0 Å². The molecule has 0 aliphatic carbocycles. The number of rotatable bonds is 0. The normalized spacial score (nSPS) is 10.5. The van der Waals surface area contributed by atoms with Crippen LogP contribution in [0.3, 0.4) is 0 Å². The summed E-state index contributed by atoms with van der Waals surface area (Å²) in [7, 11) is 0. The van der Waals surface area contributed by atoms with Gasteiger partial charge in [0.1, 0.15) is 14.8 Å². The van der Waals surface area contributed by atoms with E-state index in [0.29, 0.717) is 0 Å². The van der Waals surface area contributed by atoms with Crippen molar-refractivity contribution in [1.29, 1.82) is 0 Å². The van der Waals surface area contributed by atoms with E-state index in [4.69, 9.17) is 0 Å². The lowest BCUT2D eigenvalue weighted by molar-refractivity contribution is 1.41. The van der Waals surface area contributed by atoms with Crippen LogP contribution >= 0.6 is 27.5 Å². The number of hydrogen-bond acceptors (Lipinski definition) is 3. The van der Waals surface area contributed by atoms with Gasteiger partial charge in [0.05, 0.1) is 0 Å². The minimum atomic E-state index is 0.951. The molecule has 0 bridgehead atoms. The molecule has 0 unspecified atom stereocenters. The molecular formula is C6H3BrN2S. The fraction of sp³-hybridized carbons (Fsp3) is 0. The Morgan fingerprint density at radius 2 is 2.40 bits per heavy atom. The Bertz CT molecular complexity index is 357. The van der Waals surface area contributed by atoms with E-state index in [1.54, 1.807) is 6.20 Å². The molecule has 0 spiro atoms. The van der Waals surface area contributed by atoms with Crippen molar-refractivity contribution in [2.45, 2.75) is 0 Å². The first-order chi connectivity index (χ1) is 4.88. The Kier molecular flexibility index (Phi) is 1.43. The van der Waals surface area contributed by atoms with Crippen molar-refractivity contribution in [3.05, 3.63) is 22.1 Å². The number of fused-ring (bicyclic) bond motifs is 1. The van der Waals surface area contributed by atoms with Crippen molar-refractivity contribution in [3.8, 4) is 0 Å². The van der Waals surface area contributed by atoms with E-state index in [9.17, 15) is 0 Å². The number of halogens is 1. The summed E-state index contributed by atoms with van der Waals surface area (Å²) in [5, 5.41) is 0. The molecule has 4 heteroatoms. The fourth-order valence-corrected chi connectivity index (χ4v) is 1.85. The molecule has 50 valence electrons. The molecule has 0 aromatic carbocycles. The van der Waals surface area contributed by atoms with Crippen LogP contribution in [0.4, 0.5) is 0 Å². The molecular weight excluding hydrogens is 212 g/mol. The van der Waals surface area contributed by atoms with Crippen molar-refractivity contribution >= 4 is 38.5 Å². The van der Waals surface area contributed by atoms with Gasteiger partial charge in [-0.05, 0) is 39.6 Å². The van der Waals surface area contributed by atoms with Gasteiger partial charge in [-0.3, -0.25) is 4.98 Å². The predicted molar refractivity (Wildman–Crippen MR) is 45.1 cm³/mol. The SMILES string of the molecule is Brc1snc2cccnc12. The first-order valence-electron chi connectivity index (χ1n) is 2.74. The maximum atomic E-state index is 4.15. The molecule has 0 N–H and O–H groups in total. The molecule has 2 rings (SSSR count).